The number of nitrogens with one attached hydrogen (secondary N) is 2. The minimum atomic E-state index is -0.249. The topological polar surface area (TPSA) is 74.8 Å². The lowest BCUT2D eigenvalue weighted by atomic mass is 9.84. The molecule has 1 aliphatic rings. The van der Waals surface area contributed by atoms with Crippen molar-refractivity contribution in [2.75, 3.05) is 11.1 Å². The molecule has 0 fully saturated rings. The Balaban J connectivity index is 2.09. The second-order valence-corrected chi connectivity index (χ2v) is 6.73. The van der Waals surface area contributed by atoms with Crippen LogP contribution in [0.15, 0.2) is 34.2 Å². The summed E-state index contributed by atoms with van der Waals surface area (Å²) in [4.78, 5) is 32.0. The first-order valence-electron chi connectivity index (χ1n) is 7.72. The van der Waals surface area contributed by atoms with E-state index < -0.39 is 0 Å². The van der Waals surface area contributed by atoms with Crippen molar-refractivity contribution in [2.45, 2.75) is 37.8 Å². The smallest absolute Gasteiger partial charge is 0.257 e. The molecule has 3 rings (SSSR count). The monoisotopic (exact) mass is 329 g/mol. The van der Waals surface area contributed by atoms with E-state index in [2.05, 4.69) is 22.2 Å². The Hall–Kier alpha value is -2.08. The molecule has 0 aliphatic carbocycles. The molecule has 23 heavy (non-hydrogen) atoms. The predicted molar refractivity (Wildman–Crippen MR) is 92.1 cm³/mol. The van der Waals surface area contributed by atoms with Crippen LogP contribution in [0.1, 0.15) is 42.4 Å². The number of aryl methyl sites for hydroxylation is 1. The maximum atomic E-state index is 12.6. The number of nitrogens with zero attached hydrogens (tertiary/aromatic N) is 1. The van der Waals surface area contributed by atoms with Gasteiger partial charge in [-0.05, 0) is 24.5 Å². The second kappa shape index (κ2) is 6.58. The van der Waals surface area contributed by atoms with Crippen molar-refractivity contribution in [2.24, 2.45) is 0 Å². The van der Waals surface area contributed by atoms with Crippen LogP contribution in [0.25, 0.3) is 0 Å². The van der Waals surface area contributed by atoms with Crippen molar-refractivity contribution in [3.8, 4) is 0 Å². The highest BCUT2D eigenvalue weighted by Crippen LogP contribution is 2.35. The van der Waals surface area contributed by atoms with E-state index in [1.807, 2.05) is 31.2 Å². The molecule has 0 spiro atoms. The molecule has 1 aliphatic heterocycles. The van der Waals surface area contributed by atoms with E-state index in [0.29, 0.717) is 16.5 Å². The molecule has 2 aromatic rings. The molecule has 0 unspecified atom stereocenters. The second-order valence-electron chi connectivity index (χ2n) is 5.64. The molecule has 1 aromatic heterocycles. The van der Waals surface area contributed by atoms with Crippen LogP contribution in [0.2, 0.25) is 0 Å². The van der Waals surface area contributed by atoms with E-state index in [1.54, 1.807) is 0 Å². The van der Waals surface area contributed by atoms with E-state index in [1.165, 1.54) is 11.8 Å². The zero-order valence-corrected chi connectivity index (χ0v) is 14.0. The largest absolute Gasteiger partial charge is 0.310 e. The number of aromatic nitrogens is 2. The maximum absolute atomic E-state index is 12.6. The third kappa shape index (κ3) is 3.17. The Morgan fingerprint density at radius 1 is 1.30 bits per heavy atom. The fourth-order valence-corrected chi connectivity index (χ4v) is 3.58. The van der Waals surface area contributed by atoms with Crippen molar-refractivity contribution in [3.05, 3.63) is 51.3 Å². The minimum Gasteiger partial charge on any atom is -0.310 e. The fourth-order valence-electron chi connectivity index (χ4n) is 2.86. The summed E-state index contributed by atoms with van der Waals surface area (Å²) < 4.78 is 0. The van der Waals surface area contributed by atoms with Crippen LogP contribution in [-0.4, -0.2) is 21.6 Å². The summed E-state index contributed by atoms with van der Waals surface area (Å²) >= 11 is 1.49. The Morgan fingerprint density at radius 2 is 2.09 bits per heavy atom. The number of thioether (sulfide) groups is 1. The van der Waals surface area contributed by atoms with Gasteiger partial charge in [0.25, 0.3) is 5.56 Å². The molecule has 5 nitrogen and oxygen atoms in total. The van der Waals surface area contributed by atoms with E-state index >= 15 is 0 Å². The Morgan fingerprint density at radius 3 is 2.83 bits per heavy atom. The zero-order chi connectivity index (χ0) is 16.4. The lowest BCUT2D eigenvalue weighted by Gasteiger charge is -2.25. The highest BCUT2D eigenvalue weighted by Gasteiger charge is 2.31. The first-order chi connectivity index (χ1) is 11.1. The summed E-state index contributed by atoms with van der Waals surface area (Å²) in [6.07, 6.45) is 1.26. The van der Waals surface area contributed by atoms with Gasteiger partial charge in [-0.25, -0.2) is 4.98 Å². The van der Waals surface area contributed by atoms with Gasteiger partial charge in [0.15, 0.2) is 5.16 Å². The third-order valence-corrected chi connectivity index (χ3v) is 5.02. The molecule has 120 valence electrons. The van der Waals surface area contributed by atoms with Gasteiger partial charge in [0.1, 0.15) is 5.82 Å². The summed E-state index contributed by atoms with van der Waals surface area (Å²) in [5, 5.41) is 3.31. The minimum absolute atomic E-state index is 0.102. The Labute approximate surface area is 138 Å². The molecule has 0 radical (unpaired) electrons. The van der Waals surface area contributed by atoms with E-state index in [9.17, 15) is 9.59 Å². The first kappa shape index (κ1) is 15.8. The van der Waals surface area contributed by atoms with Gasteiger partial charge in [-0.2, -0.15) is 0 Å². The average Bonchev–Trinajstić information content (AvgIpc) is 2.52. The quantitative estimate of drug-likeness (QED) is 0.668. The summed E-state index contributed by atoms with van der Waals surface area (Å²) in [5.41, 5.74) is 2.47. The normalized spacial score (nSPS) is 16.8. The predicted octanol–water partition coefficient (Wildman–Crippen LogP) is 3.05. The van der Waals surface area contributed by atoms with Crippen molar-refractivity contribution < 1.29 is 4.79 Å². The van der Waals surface area contributed by atoms with E-state index in [0.717, 1.165) is 23.3 Å². The molecule has 0 bridgehead atoms. The van der Waals surface area contributed by atoms with Crippen LogP contribution >= 0.6 is 11.8 Å². The number of H-pyrrole nitrogens is 1. The molecule has 1 aromatic carbocycles. The molecule has 0 saturated carbocycles. The van der Waals surface area contributed by atoms with Crippen LogP contribution in [0.4, 0.5) is 5.82 Å². The van der Waals surface area contributed by atoms with E-state index in [-0.39, 0.29) is 23.8 Å². The molecule has 2 heterocycles. The number of amides is 1. The third-order valence-electron chi connectivity index (χ3n) is 3.94. The summed E-state index contributed by atoms with van der Waals surface area (Å²) in [7, 11) is 0. The summed E-state index contributed by atoms with van der Waals surface area (Å²) in [6, 6.07) is 7.85. The number of hydrogen-bond donors (Lipinski definition) is 2. The van der Waals surface area contributed by atoms with Crippen LogP contribution < -0.4 is 10.9 Å². The molecule has 1 amide bonds. The number of rotatable bonds is 4. The van der Waals surface area contributed by atoms with Crippen LogP contribution in [0.3, 0.4) is 0 Å². The summed E-state index contributed by atoms with van der Waals surface area (Å²) in [5.74, 6) is 0.922. The Kier molecular flexibility index (Phi) is 4.52. The average molecular weight is 329 g/mol. The van der Waals surface area contributed by atoms with Crippen LogP contribution in [0.5, 0.6) is 0 Å². The van der Waals surface area contributed by atoms with Gasteiger partial charge in [-0.3, -0.25) is 9.59 Å². The highest BCUT2D eigenvalue weighted by molar-refractivity contribution is 7.99. The van der Waals surface area contributed by atoms with Crippen LogP contribution in [0, 0.1) is 6.92 Å². The van der Waals surface area contributed by atoms with Gasteiger partial charge in [0.2, 0.25) is 5.91 Å². The number of fused-ring (bicyclic) bond motifs is 1. The molecule has 6 heteroatoms. The van der Waals surface area contributed by atoms with Crippen molar-refractivity contribution in [3.63, 3.8) is 0 Å². The number of anilines is 1. The molecular formula is C17H19N3O2S. The highest BCUT2D eigenvalue weighted by atomic mass is 32.2. The SMILES string of the molecule is CCCSc1nc2c(c(=O)[nH]1)[C@@H](c1ccccc1C)CC(=O)N2. The van der Waals surface area contributed by atoms with Gasteiger partial charge in [-0.15, -0.1) is 0 Å². The standard InChI is InChI=1S/C17H19N3O2S/c1-3-8-23-17-19-15-14(16(22)20-17)12(9-13(21)18-15)11-7-5-4-6-10(11)2/h4-7,12H,3,8-9H2,1-2H3,(H2,18,19,20,21,22)/t12-/m1/s1. The van der Waals surface area contributed by atoms with Crippen molar-refractivity contribution >= 4 is 23.5 Å². The molecule has 0 saturated heterocycles. The van der Waals surface area contributed by atoms with Crippen molar-refractivity contribution in [1.29, 1.82) is 0 Å². The number of benzene rings is 1. The van der Waals surface area contributed by atoms with Crippen LogP contribution in [-0.2, 0) is 4.79 Å². The molecule has 1 atom stereocenters. The molecule has 2 N–H and O–H groups in total. The van der Waals surface area contributed by atoms with Crippen molar-refractivity contribution in [1.82, 2.24) is 9.97 Å². The summed E-state index contributed by atoms with van der Waals surface area (Å²) in [6.45, 7) is 4.06. The fraction of sp³-hybridized carbons (Fsp3) is 0.353. The van der Waals surface area contributed by atoms with E-state index in [4.69, 9.17) is 0 Å². The van der Waals surface area contributed by atoms with Gasteiger partial charge >= 0.3 is 0 Å². The number of hydrogen-bond acceptors (Lipinski definition) is 4. The lowest BCUT2D eigenvalue weighted by molar-refractivity contribution is -0.116. The number of aromatic amines is 1. The number of carbonyl (C=O) groups excluding carboxylic acids is 1. The van der Waals surface area contributed by atoms with Gasteiger partial charge in [-0.1, -0.05) is 43.0 Å². The first-order valence-corrected chi connectivity index (χ1v) is 8.71. The lowest BCUT2D eigenvalue weighted by Crippen LogP contribution is -2.31. The van der Waals surface area contributed by atoms with Gasteiger partial charge in [0.05, 0.1) is 5.56 Å². The van der Waals surface area contributed by atoms with Gasteiger partial charge in [0, 0.05) is 18.1 Å². The zero-order valence-electron chi connectivity index (χ0n) is 13.2. The number of carbonyl (C=O) groups is 1. The van der Waals surface area contributed by atoms with Gasteiger partial charge < -0.3 is 10.3 Å². The Bertz CT molecular complexity index is 801. The molecular weight excluding hydrogens is 310 g/mol. The maximum Gasteiger partial charge on any atom is 0.257 e.